The number of rotatable bonds is 8. The van der Waals surface area contributed by atoms with Gasteiger partial charge >= 0.3 is 0 Å². The highest BCUT2D eigenvalue weighted by Crippen LogP contribution is 2.46. The van der Waals surface area contributed by atoms with Gasteiger partial charge in [-0.1, -0.05) is 6.07 Å². The van der Waals surface area contributed by atoms with Crippen molar-refractivity contribution in [2.45, 2.75) is 31.7 Å². The Hall–Kier alpha value is -1.40. The van der Waals surface area contributed by atoms with E-state index >= 15 is 0 Å². The molecule has 6 heteroatoms. The highest BCUT2D eigenvalue weighted by atomic mass is 32.2. The first-order valence-electron chi connectivity index (χ1n) is 7.82. The number of hydrogen-bond donors (Lipinski definition) is 0. The number of amides is 1. The summed E-state index contributed by atoms with van der Waals surface area (Å²) in [5.41, 5.74) is 0.929. The van der Waals surface area contributed by atoms with Crippen LogP contribution in [0.2, 0.25) is 0 Å². The Labute approximate surface area is 142 Å². The molecule has 5 nitrogen and oxygen atoms in total. The van der Waals surface area contributed by atoms with E-state index < -0.39 is 0 Å². The summed E-state index contributed by atoms with van der Waals surface area (Å²) in [5.74, 6) is 2.13. The largest absolute Gasteiger partial charge is 0.496 e. The van der Waals surface area contributed by atoms with Crippen molar-refractivity contribution in [2.24, 2.45) is 0 Å². The molecular weight excluding hydrogens is 314 g/mol. The molecule has 1 heterocycles. The van der Waals surface area contributed by atoms with Crippen molar-refractivity contribution in [2.75, 3.05) is 33.1 Å². The molecule has 0 saturated carbocycles. The fourth-order valence-electron chi connectivity index (χ4n) is 2.61. The van der Waals surface area contributed by atoms with Crippen molar-refractivity contribution in [3.63, 3.8) is 0 Å². The van der Waals surface area contributed by atoms with E-state index in [0.717, 1.165) is 23.5 Å². The van der Waals surface area contributed by atoms with Gasteiger partial charge in [0, 0.05) is 13.2 Å². The second kappa shape index (κ2) is 8.45. The fourth-order valence-corrected chi connectivity index (χ4v) is 3.88. The molecule has 0 aromatic heterocycles. The zero-order valence-electron chi connectivity index (χ0n) is 14.2. The lowest BCUT2D eigenvalue weighted by Crippen LogP contribution is -2.30. The van der Waals surface area contributed by atoms with Crippen LogP contribution in [0.15, 0.2) is 18.2 Å². The summed E-state index contributed by atoms with van der Waals surface area (Å²) >= 11 is 1.61. The number of carbonyl (C=O) groups excluding carboxylic acids is 1. The summed E-state index contributed by atoms with van der Waals surface area (Å²) in [6.45, 7) is 5.35. The minimum Gasteiger partial charge on any atom is -0.496 e. The quantitative estimate of drug-likeness (QED) is 0.681. The molecule has 1 aliphatic heterocycles. The minimum absolute atomic E-state index is 0.0763. The molecule has 0 aliphatic carbocycles. The monoisotopic (exact) mass is 339 g/mol. The summed E-state index contributed by atoms with van der Waals surface area (Å²) in [6, 6.07) is 5.70. The Kier molecular flexibility index (Phi) is 6.59. The molecule has 128 valence electrons. The molecule has 0 bridgehead atoms. The van der Waals surface area contributed by atoms with Gasteiger partial charge in [-0.25, -0.2) is 0 Å². The molecule has 0 N–H and O–H groups in total. The topological polar surface area (TPSA) is 48.0 Å². The maximum Gasteiger partial charge on any atom is 0.233 e. The van der Waals surface area contributed by atoms with Crippen molar-refractivity contribution in [3.05, 3.63) is 23.8 Å². The van der Waals surface area contributed by atoms with Crippen molar-refractivity contribution >= 4 is 17.7 Å². The average molecular weight is 339 g/mol. The molecular formula is C17H25NO4S. The molecule has 1 fully saturated rings. The molecule has 1 amide bonds. The summed E-state index contributed by atoms with van der Waals surface area (Å²) in [7, 11) is 3.28. The number of thioether (sulfide) groups is 1. The standard InChI is InChI=1S/C17H25NO4S/c1-12(2)22-10-6-9-18-15(19)11-23-17(18)16-13(20-3)7-5-8-14(16)21-4/h5,7-8,12,17H,6,9-11H2,1-4H3. The molecule has 1 aromatic rings. The Morgan fingerprint density at radius 1 is 1.26 bits per heavy atom. The first kappa shape index (κ1) is 17.9. The lowest BCUT2D eigenvalue weighted by Gasteiger charge is -2.27. The van der Waals surface area contributed by atoms with Gasteiger partial charge in [0.05, 0.1) is 31.6 Å². The number of hydrogen-bond acceptors (Lipinski definition) is 5. The zero-order valence-corrected chi connectivity index (χ0v) is 15.0. The Bertz CT molecular complexity index is 513. The van der Waals surface area contributed by atoms with Crippen molar-refractivity contribution in [1.82, 2.24) is 4.90 Å². The van der Waals surface area contributed by atoms with Crippen LogP contribution in [0.4, 0.5) is 0 Å². The van der Waals surface area contributed by atoms with Crippen LogP contribution in [-0.2, 0) is 9.53 Å². The van der Waals surface area contributed by atoms with Crippen LogP contribution in [0, 0.1) is 0 Å². The Morgan fingerprint density at radius 2 is 1.91 bits per heavy atom. The van der Waals surface area contributed by atoms with Crippen molar-refractivity contribution in [1.29, 1.82) is 0 Å². The predicted octanol–water partition coefficient (Wildman–Crippen LogP) is 3.09. The molecule has 1 aliphatic rings. The van der Waals surface area contributed by atoms with Gasteiger partial charge in [0.1, 0.15) is 16.9 Å². The van der Waals surface area contributed by atoms with Gasteiger partial charge in [0.15, 0.2) is 0 Å². The maximum absolute atomic E-state index is 12.3. The third-order valence-corrected chi connectivity index (χ3v) is 4.90. The van der Waals surface area contributed by atoms with Gasteiger partial charge in [-0.3, -0.25) is 4.79 Å². The van der Waals surface area contributed by atoms with E-state index in [0.29, 0.717) is 18.9 Å². The number of nitrogens with zero attached hydrogens (tertiary/aromatic N) is 1. The van der Waals surface area contributed by atoms with E-state index in [2.05, 4.69) is 0 Å². The lowest BCUT2D eigenvalue weighted by molar-refractivity contribution is -0.128. The molecule has 23 heavy (non-hydrogen) atoms. The van der Waals surface area contributed by atoms with Crippen molar-refractivity contribution in [3.8, 4) is 11.5 Å². The van der Waals surface area contributed by atoms with E-state index in [4.69, 9.17) is 14.2 Å². The van der Waals surface area contributed by atoms with Crippen LogP contribution in [0.3, 0.4) is 0 Å². The second-order valence-electron chi connectivity index (χ2n) is 5.60. The molecule has 2 rings (SSSR count). The summed E-state index contributed by atoms with van der Waals surface area (Å²) < 4.78 is 16.5. The van der Waals surface area contributed by atoms with Crippen LogP contribution in [-0.4, -0.2) is 50.0 Å². The highest BCUT2D eigenvalue weighted by molar-refractivity contribution is 8.00. The highest BCUT2D eigenvalue weighted by Gasteiger charge is 2.36. The average Bonchev–Trinajstić information content (AvgIpc) is 2.91. The lowest BCUT2D eigenvalue weighted by atomic mass is 10.1. The predicted molar refractivity (Wildman–Crippen MR) is 92.2 cm³/mol. The molecule has 1 atom stereocenters. The smallest absolute Gasteiger partial charge is 0.233 e. The van der Waals surface area contributed by atoms with Gasteiger partial charge in [0.25, 0.3) is 0 Å². The fraction of sp³-hybridized carbons (Fsp3) is 0.588. The first-order valence-corrected chi connectivity index (χ1v) is 8.87. The van der Waals surface area contributed by atoms with Crippen LogP contribution in [0.1, 0.15) is 31.2 Å². The molecule has 1 unspecified atom stereocenters. The zero-order chi connectivity index (χ0) is 16.8. The van der Waals surface area contributed by atoms with Gasteiger partial charge in [-0.05, 0) is 32.4 Å². The molecule has 0 spiro atoms. The third-order valence-electron chi connectivity index (χ3n) is 3.68. The van der Waals surface area contributed by atoms with Crippen LogP contribution in [0.5, 0.6) is 11.5 Å². The minimum atomic E-state index is -0.0763. The maximum atomic E-state index is 12.3. The van der Waals surface area contributed by atoms with Gasteiger partial charge < -0.3 is 19.1 Å². The molecule has 1 aromatic carbocycles. The summed E-state index contributed by atoms with van der Waals surface area (Å²) in [4.78, 5) is 14.2. The van der Waals surface area contributed by atoms with Gasteiger partial charge in [-0.2, -0.15) is 0 Å². The normalized spacial score (nSPS) is 17.9. The number of methoxy groups -OCH3 is 2. The van der Waals surface area contributed by atoms with E-state index in [1.807, 2.05) is 36.9 Å². The number of benzene rings is 1. The second-order valence-corrected chi connectivity index (χ2v) is 6.67. The Morgan fingerprint density at radius 3 is 2.48 bits per heavy atom. The molecule has 0 radical (unpaired) electrons. The summed E-state index contributed by atoms with van der Waals surface area (Å²) in [6.07, 6.45) is 1.03. The van der Waals surface area contributed by atoms with Crippen LogP contribution >= 0.6 is 11.8 Å². The number of carbonyl (C=O) groups is 1. The third kappa shape index (κ3) is 4.32. The SMILES string of the molecule is COc1cccc(OC)c1C1SCC(=O)N1CCCOC(C)C. The summed E-state index contributed by atoms with van der Waals surface area (Å²) in [5, 5.41) is -0.0763. The van der Waals surface area contributed by atoms with E-state index in [9.17, 15) is 4.79 Å². The Balaban J connectivity index is 2.15. The van der Waals surface area contributed by atoms with Gasteiger partial charge in [-0.15, -0.1) is 11.8 Å². The van der Waals surface area contributed by atoms with Crippen molar-refractivity contribution < 1.29 is 19.0 Å². The van der Waals surface area contributed by atoms with E-state index in [1.54, 1.807) is 26.0 Å². The van der Waals surface area contributed by atoms with Gasteiger partial charge in [0.2, 0.25) is 5.91 Å². The van der Waals surface area contributed by atoms with E-state index in [-0.39, 0.29) is 17.4 Å². The first-order chi connectivity index (χ1) is 11.1. The van der Waals surface area contributed by atoms with Crippen LogP contribution in [0.25, 0.3) is 0 Å². The van der Waals surface area contributed by atoms with E-state index in [1.165, 1.54) is 0 Å². The molecule has 1 saturated heterocycles. The number of ether oxygens (including phenoxy) is 3. The van der Waals surface area contributed by atoms with Crippen LogP contribution < -0.4 is 9.47 Å².